The number of hydrogen-bond donors (Lipinski definition) is 1. The van der Waals surface area contributed by atoms with Crippen LogP contribution in [0.2, 0.25) is 0 Å². The number of hydrogen-bond acceptors (Lipinski definition) is 2. The zero-order chi connectivity index (χ0) is 11.4. The molecule has 0 aliphatic carbocycles. The number of nitrogens with one attached hydrogen (secondary N) is 1. The van der Waals surface area contributed by atoms with Crippen LogP contribution in [0.25, 0.3) is 10.9 Å². The minimum Gasteiger partial charge on any atom is -0.306 e. The van der Waals surface area contributed by atoms with E-state index >= 15 is 0 Å². The fourth-order valence-corrected chi connectivity index (χ4v) is 1.52. The Kier molecular flexibility index (Phi) is 3.41. The van der Waals surface area contributed by atoms with Gasteiger partial charge >= 0.3 is 0 Å². The molecule has 1 aromatic carbocycles. The summed E-state index contributed by atoms with van der Waals surface area (Å²) in [6.45, 7) is 0.0731. The molecule has 2 rings (SSSR count). The third-order valence-corrected chi connectivity index (χ3v) is 2.26. The molecule has 2 nitrogen and oxygen atoms in total. The highest BCUT2D eigenvalue weighted by Crippen LogP contribution is 2.11. The van der Waals surface area contributed by atoms with Crippen LogP contribution in [0.4, 0.5) is 8.78 Å². The van der Waals surface area contributed by atoms with E-state index in [1.807, 2.05) is 36.4 Å². The molecule has 0 unspecified atom stereocenters. The molecular weight excluding hydrogens is 210 g/mol. The Hall–Kier alpha value is -1.55. The van der Waals surface area contributed by atoms with E-state index in [4.69, 9.17) is 0 Å². The first-order valence-corrected chi connectivity index (χ1v) is 5.09. The van der Waals surface area contributed by atoms with Gasteiger partial charge in [0, 0.05) is 11.9 Å². The summed E-state index contributed by atoms with van der Waals surface area (Å²) in [6.07, 6.45) is -2.32. The van der Waals surface area contributed by atoms with E-state index in [9.17, 15) is 8.78 Å². The summed E-state index contributed by atoms with van der Waals surface area (Å²) < 4.78 is 23.8. The number of pyridine rings is 1. The maximum atomic E-state index is 11.9. The number of fused-ring (bicyclic) bond motifs is 1. The molecule has 0 bridgehead atoms. The largest absolute Gasteiger partial charge is 0.306 e. The van der Waals surface area contributed by atoms with Crippen molar-refractivity contribution in [3.05, 3.63) is 42.1 Å². The molecule has 0 fully saturated rings. The first-order valence-electron chi connectivity index (χ1n) is 5.09. The van der Waals surface area contributed by atoms with Gasteiger partial charge in [0.15, 0.2) is 0 Å². The third-order valence-electron chi connectivity index (χ3n) is 2.26. The molecule has 0 amide bonds. The SMILES string of the molecule is FC(F)CNCc1ccc2ccccc2n1. The van der Waals surface area contributed by atoms with Gasteiger partial charge in [-0.2, -0.15) is 0 Å². The Labute approximate surface area is 92.3 Å². The van der Waals surface area contributed by atoms with Crippen LogP contribution in [0.5, 0.6) is 0 Å². The van der Waals surface area contributed by atoms with Gasteiger partial charge < -0.3 is 5.32 Å². The van der Waals surface area contributed by atoms with E-state index in [2.05, 4.69) is 10.3 Å². The number of benzene rings is 1. The van der Waals surface area contributed by atoms with Crippen LogP contribution in [0, 0.1) is 0 Å². The van der Waals surface area contributed by atoms with Crippen molar-refractivity contribution in [1.82, 2.24) is 10.3 Å². The molecule has 0 aliphatic rings. The highest BCUT2D eigenvalue weighted by atomic mass is 19.3. The zero-order valence-electron chi connectivity index (χ0n) is 8.66. The van der Waals surface area contributed by atoms with Gasteiger partial charge in [-0.25, -0.2) is 8.78 Å². The number of para-hydroxylation sites is 1. The van der Waals surface area contributed by atoms with Crippen LogP contribution >= 0.6 is 0 Å². The lowest BCUT2D eigenvalue weighted by atomic mass is 10.2. The topological polar surface area (TPSA) is 24.9 Å². The lowest BCUT2D eigenvalue weighted by Crippen LogP contribution is -2.21. The molecule has 0 saturated carbocycles. The summed E-state index contributed by atoms with van der Waals surface area (Å²) in [5.41, 5.74) is 1.66. The van der Waals surface area contributed by atoms with Gasteiger partial charge in [-0.05, 0) is 12.1 Å². The van der Waals surface area contributed by atoms with Crippen molar-refractivity contribution in [2.45, 2.75) is 13.0 Å². The average molecular weight is 222 g/mol. The molecule has 0 radical (unpaired) electrons. The predicted molar refractivity (Wildman–Crippen MR) is 59.5 cm³/mol. The van der Waals surface area contributed by atoms with Crippen molar-refractivity contribution in [3.8, 4) is 0 Å². The summed E-state index contributed by atoms with van der Waals surface area (Å²) in [5.74, 6) is 0. The molecule has 0 aliphatic heterocycles. The fourth-order valence-electron chi connectivity index (χ4n) is 1.52. The summed E-state index contributed by atoms with van der Waals surface area (Å²) in [4.78, 5) is 4.36. The minimum absolute atomic E-state index is 0.297. The van der Waals surface area contributed by atoms with Crippen LogP contribution in [-0.4, -0.2) is 18.0 Å². The Morgan fingerprint density at radius 3 is 2.75 bits per heavy atom. The first-order chi connectivity index (χ1) is 7.75. The van der Waals surface area contributed by atoms with Gasteiger partial charge in [0.25, 0.3) is 6.43 Å². The van der Waals surface area contributed by atoms with Crippen molar-refractivity contribution in [2.24, 2.45) is 0 Å². The number of alkyl halides is 2. The molecule has 1 N–H and O–H groups in total. The van der Waals surface area contributed by atoms with Crippen molar-refractivity contribution >= 4 is 10.9 Å². The van der Waals surface area contributed by atoms with Gasteiger partial charge in [0.05, 0.1) is 17.8 Å². The normalized spacial score (nSPS) is 11.2. The lowest BCUT2D eigenvalue weighted by molar-refractivity contribution is 0.145. The maximum absolute atomic E-state index is 11.9. The zero-order valence-corrected chi connectivity index (χ0v) is 8.66. The van der Waals surface area contributed by atoms with Crippen molar-refractivity contribution in [3.63, 3.8) is 0 Å². The number of nitrogens with zero attached hydrogens (tertiary/aromatic N) is 1. The van der Waals surface area contributed by atoms with Crippen LogP contribution in [0.15, 0.2) is 36.4 Å². The molecule has 0 spiro atoms. The predicted octanol–water partition coefficient (Wildman–Crippen LogP) is 2.59. The fraction of sp³-hybridized carbons (Fsp3) is 0.250. The standard InChI is InChI=1S/C12H12F2N2/c13-12(14)8-15-7-10-6-5-9-3-1-2-4-11(9)16-10/h1-6,12,15H,7-8H2. The quantitative estimate of drug-likeness (QED) is 0.860. The van der Waals surface area contributed by atoms with E-state index in [0.29, 0.717) is 6.54 Å². The minimum atomic E-state index is -2.32. The summed E-state index contributed by atoms with van der Waals surface area (Å²) in [5, 5.41) is 3.71. The number of aromatic nitrogens is 1. The van der Waals surface area contributed by atoms with E-state index in [1.165, 1.54) is 0 Å². The van der Waals surface area contributed by atoms with Gasteiger partial charge in [-0.3, -0.25) is 4.98 Å². The summed E-state index contributed by atoms with van der Waals surface area (Å²) >= 11 is 0. The van der Waals surface area contributed by atoms with Crippen LogP contribution < -0.4 is 5.32 Å². The van der Waals surface area contributed by atoms with E-state index in [1.54, 1.807) is 0 Å². The van der Waals surface area contributed by atoms with Crippen LogP contribution in [0.3, 0.4) is 0 Å². The maximum Gasteiger partial charge on any atom is 0.250 e. The Morgan fingerprint density at radius 1 is 1.12 bits per heavy atom. The van der Waals surface area contributed by atoms with Crippen molar-refractivity contribution < 1.29 is 8.78 Å². The van der Waals surface area contributed by atoms with Gasteiger partial charge in [-0.15, -0.1) is 0 Å². The van der Waals surface area contributed by atoms with Crippen molar-refractivity contribution in [2.75, 3.05) is 6.54 Å². The smallest absolute Gasteiger partial charge is 0.250 e. The molecular formula is C12H12F2N2. The molecule has 2 aromatic rings. The number of rotatable bonds is 4. The molecule has 0 atom stereocenters. The lowest BCUT2D eigenvalue weighted by Gasteiger charge is -2.04. The first kappa shape index (κ1) is 11.0. The monoisotopic (exact) mass is 222 g/mol. The Bertz CT molecular complexity index is 471. The van der Waals surface area contributed by atoms with Crippen molar-refractivity contribution in [1.29, 1.82) is 0 Å². The summed E-state index contributed by atoms with van der Waals surface area (Å²) in [6, 6.07) is 11.5. The van der Waals surface area contributed by atoms with E-state index in [-0.39, 0.29) is 6.54 Å². The molecule has 1 aromatic heterocycles. The third kappa shape index (κ3) is 2.73. The second-order valence-corrected chi connectivity index (χ2v) is 3.52. The van der Waals surface area contributed by atoms with Gasteiger partial charge in [0.1, 0.15) is 0 Å². The Morgan fingerprint density at radius 2 is 1.94 bits per heavy atom. The van der Waals surface area contributed by atoms with E-state index in [0.717, 1.165) is 16.6 Å². The Balaban J connectivity index is 2.08. The van der Waals surface area contributed by atoms with Crippen LogP contribution in [0.1, 0.15) is 5.69 Å². The molecule has 0 saturated heterocycles. The highest BCUT2D eigenvalue weighted by Gasteiger charge is 2.02. The van der Waals surface area contributed by atoms with E-state index < -0.39 is 6.43 Å². The van der Waals surface area contributed by atoms with Gasteiger partial charge in [-0.1, -0.05) is 24.3 Å². The van der Waals surface area contributed by atoms with Gasteiger partial charge in [0.2, 0.25) is 0 Å². The average Bonchev–Trinajstić information content (AvgIpc) is 2.28. The summed E-state index contributed by atoms with van der Waals surface area (Å²) in [7, 11) is 0. The molecule has 4 heteroatoms. The highest BCUT2D eigenvalue weighted by molar-refractivity contribution is 5.78. The molecule has 1 heterocycles. The molecule has 84 valence electrons. The second kappa shape index (κ2) is 4.99. The number of halogens is 2. The molecule has 16 heavy (non-hydrogen) atoms. The van der Waals surface area contributed by atoms with Crippen LogP contribution in [-0.2, 0) is 6.54 Å². The second-order valence-electron chi connectivity index (χ2n) is 3.52.